The number of rotatable bonds is 7. The van der Waals surface area contributed by atoms with Gasteiger partial charge in [0.1, 0.15) is 6.54 Å². The number of aryl methyl sites for hydroxylation is 1. The van der Waals surface area contributed by atoms with E-state index in [1.165, 1.54) is 0 Å². The molecule has 1 aromatic rings. The summed E-state index contributed by atoms with van der Waals surface area (Å²) in [5, 5.41) is 2.96. The van der Waals surface area contributed by atoms with Crippen molar-refractivity contribution >= 4 is 37.5 Å². The van der Waals surface area contributed by atoms with Crippen LogP contribution in [0.5, 0.6) is 0 Å². The number of anilines is 1. The summed E-state index contributed by atoms with van der Waals surface area (Å²) in [5.41, 5.74) is 1.39. The first-order valence-electron chi connectivity index (χ1n) is 7.96. The molecular formula is C17H27BrN2O3S. The van der Waals surface area contributed by atoms with Crippen LogP contribution in [-0.4, -0.2) is 33.2 Å². The van der Waals surface area contributed by atoms with Crippen LogP contribution in [0.4, 0.5) is 5.69 Å². The molecule has 0 aliphatic carbocycles. The Morgan fingerprint density at radius 1 is 1.21 bits per heavy atom. The Kier molecular flexibility index (Phi) is 7.28. The molecule has 1 N–H and O–H groups in total. The second-order valence-corrected chi connectivity index (χ2v) is 9.55. The Bertz CT molecular complexity index is 679. The third-order valence-corrected chi connectivity index (χ3v) is 5.91. The lowest BCUT2D eigenvalue weighted by atomic mass is 9.93. The van der Waals surface area contributed by atoms with Gasteiger partial charge in [0.25, 0.3) is 0 Å². The van der Waals surface area contributed by atoms with E-state index in [2.05, 4.69) is 21.2 Å². The van der Waals surface area contributed by atoms with Gasteiger partial charge in [-0.05, 0) is 42.5 Å². The maximum atomic E-state index is 12.4. The van der Waals surface area contributed by atoms with Crippen molar-refractivity contribution in [2.24, 2.45) is 11.8 Å². The SMILES string of the molecule is Cc1cc(N(CC(=O)NC(C(C)C)C(C)C)S(C)(=O)=O)ccc1Br. The average molecular weight is 419 g/mol. The molecule has 0 aliphatic rings. The van der Waals surface area contributed by atoms with E-state index in [9.17, 15) is 13.2 Å². The van der Waals surface area contributed by atoms with Crippen LogP contribution in [0.15, 0.2) is 22.7 Å². The Balaban J connectivity index is 3.03. The highest BCUT2D eigenvalue weighted by Crippen LogP contribution is 2.24. The molecule has 0 saturated carbocycles. The molecule has 0 heterocycles. The van der Waals surface area contributed by atoms with Gasteiger partial charge in [0.15, 0.2) is 0 Å². The third-order valence-electron chi connectivity index (χ3n) is 3.88. The van der Waals surface area contributed by atoms with E-state index in [1.54, 1.807) is 18.2 Å². The molecule has 1 rings (SSSR count). The summed E-state index contributed by atoms with van der Waals surface area (Å²) in [5.74, 6) is 0.250. The lowest BCUT2D eigenvalue weighted by Gasteiger charge is -2.28. The van der Waals surface area contributed by atoms with Crippen molar-refractivity contribution in [3.05, 3.63) is 28.2 Å². The van der Waals surface area contributed by atoms with Crippen LogP contribution in [-0.2, 0) is 14.8 Å². The van der Waals surface area contributed by atoms with Crippen LogP contribution < -0.4 is 9.62 Å². The zero-order valence-corrected chi connectivity index (χ0v) is 17.5. The summed E-state index contributed by atoms with van der Waals surface area (Å²) < 4.78 is 26.3. The van der Waals surface area contributed by atoms with Crippen LogP contribution in [0.2, 0.25) is 0 Å². The van der Waals surface area contributed by atoms with E-state index >= 15 is 0 Å². The van der Waals surface area contributed by atoms with Crippen LogP contribution in [0.3, 0.4) is 0 Å². The van der Waals surface area contributed by atoms with Gasteiger partial charge in [-0.15, -0.1) is 0 Å². The Morgan fingerprint density at radius 2 is 1.75 bits per heavy atom. The molecule has 0 atom stereocenters. The second-order valence-electron chi connectivity index (χ2n) is 6.78. The molecule has 0 saturated heterocycles. The van der Waals surface area contributed by atoms with E-state index < -0.39 is 10.0 Å². The van der Waals surface area contributed by atoms with Gasteiger partial charge in [0.05, 0.1) is 11.9 Å². The highest BCUT2D eigenvalue weighted by Gasteiger charge is 2.25. The molecule has 0 fully saturated rings. The number of halogens is 1. The number of benzene rings is 1. The van der Waals surface area contributed by atoms with Crippen molar-refractivity contribution in [2.75, 3.05) is 17.1 Å². The quantitative estimate of drug-likeness (QED) is 0.738. The number of carbonyl (C=O) groups excluding carboxylic acids is 1. The fourth-order valence-corrected chi connectivity index (χ4v) is 3.74. The smallest absolute Gasteiger partial charge is 0.241 e. The molecule has 5 nitrogen and oxygen atoms in total. The van der Waals surface area contributed by atoms with Gasteiger partial charge in [-0.2, -0.15) is 0 Å². The second kappa shape index (κ2) is 8.34. The van der Waals surface area contributed by atoms with E-state index in [1.807, 2.05) is 34.6 Å². The molecule has 0 aliphatic heterocycles. The maximum absolute atomic E-state index is 12.4. The number of amides is 1. The molecule has 136 valence electrons. The van der Waals surface area contributed by atoms with Crippen LogP contribution >= 0.6 is 15.9 Å². The first-order valence-corrected chi connectivity index (χ1v) is 10.6. The summed E-state index contributed by atoms with van der Waals surface area (Å²) in [6, 6.07) is 5.23. The number of hydrogen-bond acceptors (Lipinski definition) is 3. The molecule has 7 heteroatoms. The third kappa shape index (κ3) is 5.77. The maximum Gasteiger partial charge on any atom is 0.241 e. The Hall–Kier alpha value is -1.08. The van der Waals surface area contributed by atoms with Crippen molar-refractivity contribution in [3.8, 4) is 0 Å². The number of carbonyl (C=O) groups is 1. The highest BCUT2D eigenvalue weighted by atomic mass is 79.9. The predicted octanol–water partition coefficient (Wildman–Crippen LogP) is 3.32. The summed E-state index contributed by atoms with van der Waals surface area (Å²) in [6.45, 7) is 9.81. The molecule has 0 radical (unpaired) electrons. The minimum absolute atomic E-state index is 0.00515. The van der Waals surface area contributed by atoms with Crippen molar-refractivity contribution in [3.63, 3.8) is 0 Å². The fourth-order valence-electron chi connectivity index (χ4n) is 2.65. The zero-order chi connectivity index (χ0) is 18.7. The number of sulfonamides is 1. The molecule has 24 heavy (non-hydrogen) atoms. The van der Waals surface area contributed by atoms with Crippen molar-refractivity contribution in [2.45, 2.75) is 40.7 Å². The molecule has 0 unspecified atom stereocenters. The minimum Gasteiger partial charge on any atom is -0.351 e. The van der Waals surface area contributed by atoms with Gasteiger partial charge in [-0.3, -0.25) is 9.10 Å². The lowest BCUT2D eigenvalue weighted by Crippen LogP contribution is -2.47. The first kappa shape index (κ1) is 21.0. The van der Waals surface area contributed by atoms with E-state index in [4.69, 9.17) is 0 Å². The highest BCUT2D eigenvalue weighted by molar-refractivity contribution is 9.10. The van der Waals surface area contributed by atoms with E-state index in [-0.39, 0.29) is 30.3 Å². The largest absolute Gasteiger partial charge is 0.351 e. The lowest BCUT2D eigenvalue weighted by molar-refractivity contribution is -0.121. The van der Waals surface area contributed by atoms with E-state index in [0.717, 1.165) is 20.6 Å². The first-order chi connectivity index (χ1) is 10.9. The molecule has 1 aromatic carbocycles. The van der Waals surface area contributed by atoms with Gasteiger partial charge in [0.2, 0.25) is 15.9 Å². The normalized spacial score (nSPS) is 12.1. The van der Waals surface area contributed by atoms with Crippen molar-refractivity contribution in [1.29, 1.82) is 0 Å². The van der Waals surface area contributed by atoms with Gasteiger partial charge in [0, 0.05) is 10.5 Å². The van der Waals surface area contributed by atoms with Gasteiger partial charge in [-0.25, -0.2) is 8.42 Å². The number of nitrogens with zero attached hydrogens (tertiary/aromatic N) is 1. The van der Waals surface area contributed by atoms with Crippen LogP contribution in [0, 0.1) is 18.8 Å². The molecular weight excluding hydrogens is 392 g/mol. The minimum atomic E-state index is -3.56. The fraction of sp³-hybridized carbons (Fsp3) is 0.588. The summed E-state index contributed by atoms with van der Waals surface area (Å²) in [7, 11) is -3.56. The molecule has 0 bridgehead atoms. The number of nitrogens with one attached hydrogen (secondary N) is 1. The molecule has 0 spiro atoms. The topological polar surface area (TPSA) is 66.5 Å². The predicted molar refractivity (Wildman–Crippen MR) is 103 cm³/mol. The monoisotopic (exact) mass is 418 g/mol. The van der Waals surface area contributed by atoms with Crippen molar-refractivity contribution < 1.29 is 13.2 Å². The summed E-state index contributed by atoms with van der Waals surface area (Å²) >= 11 is 3.40. The molecule has 1 amide bonds. The van der Waals surface area contributed by atoms with Crippen LogP contribution in [0.25, 0.3) is 0 Å². The zero-order valence-electron chi connectivity index (χ0n) is 15.1. The van der Waals surface area contributed by atoms with Crippen LogP contribution in [0.1, 0.15) is 33.3 Å². The summed E-state index contributed by atoms with van der Waals surface area (Å²) in [6.07, 6.45) is 1.11. The average Bonchev–Trinajstić information content (AvgIpc) is 2.43. The van der Waals surface area contributed by atoms with E-state index in [0.29, 0.717) is 5.69 Å². The summed E-state index contributed by atoms with van der Waals surface area (Å²) in [4.78, 5) is 12.4. The van der Waals surface area contributed by atoms with Gasteiger partial charge >= 0.3 is 0 Å². The Labute approximate surface area is 154 Å². The number of hydrogen-bond donors (Lipinski definition) is 1. The van der Waals surface area contributed by atoms with Crippen molar-refractivity contribution in [1.82, 2.24) is 5.32 Å². The standard InChI is InChI=1S/C17H27BrN2O3S/c1-11(2)17(12(3)4)19-16(21)10-20(24(6,22)23)14-7-8-15(18)13(5)9-14/h7-9,11-12,17H,10H2,1-6H3,(H,19,21). The van der Waals surface area contributed by atoms with Gasteiger partial charge in [-0.1, -0.05) is 43.6 Å². The van der Waals surface area contributed by atoms with Gasteiger partial charge < -0.3 is 5.32 Å². The molecule has 0 aromatic heterocycles. The Morgan fingerprint density at radius 3 is 2.17 bits per heavy atom.